The predicted octanol–water partition coefficient (Wildman–Crippen LogP) is 2.06. The van der Waals surface area contributed by atoms with Gasteiger partial charge in [-0.05, 0) is 25.7 Å². The van der Waals surface area contributed by atoms with Crippen molar-refractivity contribution in [3.8, 4) is 0 Å². The Morgan fingerprint density at radius 3 is 2.60 bits per heavy atom. The molecule has 0 aromatic carbocycles. The van der Waals surface area contributed by atoms with Gasteiger partial charge in [-0.3, -0.25) is 4.84 Å². The molecule has 15 heavy (non-hydrogen) atoms. The van der Waals surface area contributed by atoms with Crippen LogP contribution in [-0.4, -0.2) is 30.3 Å². The molecule has 2 aliphatic rings. The van der Waals surface area contributed by atoms with Crippen molar-refractivity contribution in [2.45, 2.75) is 51.0 Å². The molecule has 0 spiro atoms. The first kappa shape index (κ1) is 10.7. The highest BCUT2D eigenvalue weighted by Crippen LogP contribution is 2.18. The Balaban J connectivity index is 1.74. The van der Waals surface area contributed by atoms with E-state index >= 15 is 0 Å². The van der Waals surface area contributed by atoms with Crippen LogP contribution in [0.1, 0.15) is 44.9 Å². The molecule has 1 N–H and O–H groups in total. The van der Waals surface area contributed by atoms with Crippen LogP contribution in [0.15, 0.2) is 0 Å². The summed E-state index contributed by atoms with van der Waals surface area (Å²) in [5.41, 5.74) is 0. The number of nitrogens with one attached hydrogen (secondary N) is 1. The Labute approximate surface area is 90.9 Å². The first-order chi connectivity index (χ1) is 7.36. The molecule has 0 bridgehead atoms. The molecule has 2 rings (SSSR count). The average molecular weight is 212 g/mol. The standard InChI is InChI=1S/C11H20N2O2/c14-11(13-8-4-5-9-15-13)12-10-6-2-1-3-7-10/h10H,1-9H2,(H,12,14). The summed E-state index contributed by atoms with van der Waals surface area (Å²) in [6.45, 7) is 1.41. The smallest absolute Gasteiger partial charge is 0.333 e. The molecule has 1 heterocycles. The average Bonchev–Trinajstić information content (AvgIpc) is 2.31. The molecule has 4 nitrogen and oxygen atoms in total. The van der Waals surface area contributed by atoms with Gasteiger partial charge in [-0.15, -0.1) is 0 Å². The lowest BCUT2D eigenvalue weighted by Gasteiger charge is -2.29. The lowest BCUT2D eigenvalue weighted by atomic mass is 9.96. The molecular weight excluding hydrogens is 192 g/mol. The van der Waals surface area contributed by atoms with Gasteiger partial charge < -0.3 is 5.32 Å². The zero-order valence-electron chi connectivity index (χ0n) is 9.21. The van der Waals surface area contributed by atoms with Gasteiger partial charge in [0.2, 0.25) is 0 Å². The second kappa shape index (κ2) is 5.35. The van der Waals surface area contributed by atoms with Gasteiger partial charge in [0.15, 0.2) is 0 Å². The minimum absolute atomic E-state index is 0.0402. The second-order valence-electron chi connectivity index (χ2n) is 4.43. The topological polar surface area (TPSA) is 41.6 Å². The molecule has 0 aromatic rings. The van der Waals surface area contributed by atoms with Gasteiger partial charge in [0.1, 0.15) is 0 Å². The maximum absolute atomic E-state index is 11.8. The van der Waals surface area contributed by atoms with Crippen LogP contribution in [0.25, 0.3) is 0 Å². The number of hydrogen-bond donors (Lipinski definition) is 1. The second-order valence-corrected chi connectivity index (χ2v) is 4.43. The number of urea groups is 1. The van der Waals surface area contributed by atoms with Crippen LogP contribution in [0.5, 0.6) is 0 Å². The zero-order valence-corrected chi connectivity index (χ0v) is 9.21. The van der Waals surface area contributed by atoms with Crippen molar-refractivity contribution in [1.82, 2.24) is 10.4 Å². The fourth-order valence-corrected chi connectivity index (χ4v) is 2.25. The van der Waals surface area contributed by atoms with Crippen molar-refractivity contribution < 1.29 is 9.63 Å². The Morgan fingerprint density at radius 1 is 1.13 bits per heavy atom. The summed E-state index contributed by atoms with van der Waals surface area (Å²) in [5.74, 6) is 0. The number of hydroxylamine groups is 2. The molecule has 0 aromatic heterocycles. The van der Waals surface area contributed by atoms with Crippen LogP contribution >= 0.6 is 0 Å². The minimum Gasteiger partial charge on any atom is -0.333 e. The summed E-state index contributed by atoms with van der Waals surface area (Å²) in [7, 11) is 0. The van der Waals surface area contributed by atoms with Crippen molar-refractivity contribution in [2.75, 3.05) is 13.2 Å². The van der Waals surface area contributed by atoms with Crippen LogP contribution in [0.3, 0.4) is 0 Å². The number of rotatable bonds is 1. The largest absolute Gasteiger partial charge is 0.341 e. The molecule has 0 atom stereocenters. The number of nitrogens with zero attached hydrogens (tertiary/aromatic N) is 1. The number of amides is 2. The van der Waals surface area contributed by atoms with E-state index in [0.717, 1.165) is 32.2 Å². The Morgan fingerprint density at radius 2 is 1.93 bits per heavy atom. The highest BCUT2D eigenvalue weighted by atomic mass is 16.7. The van der Waals surface area contributed by atoms with Gasteiger partial charge in [0.05, 0.1) is 13.2 Å². The highest BCUT2D eigenvalue weighted by Gasteiger charge is 2.21. The third-order valence-electron chi connectivity index (χ3n) is 3.16. The SMILES string of the molecule is O=C(NC1CCCCC1)N1CCCCO1. The summed E-state index contributed by atoms with van der Waals surface area (Å²) < 4.78 is 0. The van der Waals surface area contributed by atoms with E-state index in [4.69, 9.17) is 4.84 Å². The van der Waals surface area contributed by atoms with Gasteiger partial charge in [0, 0.05) is 6.04 Å². The molecule has 4 heteroatoms. The van der Waals surface area contributed by atoms with Crippen molar-refractivity contribution >= 4 is 6.03 Å². The highest BCUT2D eigenvalue weighted by molar-refractivity contribution is 5.73. The van der Waals surface area contributed by atoms with Crippen molar-refractivity contribution in [3.63, 3.8) is 0 Å². The van der Waals surface area contributed by atoms with E-state index in [9.17, 15) is 4.79 Å². The van der Waals surface area contributed by atoms with Crippen LogP contribution in [0.2, 0.25) is 0 Å². The molecule has 1 aliphatic heterocycles. The minimum atomic E-state index is -0.0402. The summed E-state index contributed by atoms with van der Waals surface area (Å²) in [6, 6.07) is 0.332. The van der Waals surface area contributed by atoms with Crippen LogP contribution in [0, 0.1) is 0 Å². The molecule has 1 aliphatic carbocycles. The summed E-state index contributed by atoms with van der Waals surface area (Å²) >= 11 is 0. The normalized spacial score (nSPS) is 23.9. The fraction of sp³-hybridized carbons (Fsp3) is 0.909. The molecule has 86 valence electrons. The third-order valence-corrected chi connectivity index (χ3v) is 3.16. The molecule has 0 unspecified atom stereocenters. The maximum atomic E-state index is 11.8. The Bertz CT molecular complexity index is 209. The first-order valence-corrected chi connectivity index (χ1v) is 6.07. The van der Waals surface area contributed by atoms with Gasteiger partial charge in [-0.1, -0.05) is 19.3 Å². The van der Waals surface area contributed by atoms with E-state index in [2.05, 4.69) is 5.32 Å². The lowest BCUT2D eigenvalue weighted by molar-refractivity contribution is -0.140. The van der Waals surface area contributed by atoms with Gasteiger partial charge >= 0.3 is 6.03 Å². The summed E-state index contributed by atoms with van der Waals surface area (Å²) in [6.07, 6.45) is 8.16. The Kier molecular flexibility index (Phi) is 3.83. The molecule has 1 saturated heterocycles. The van der Waals surface area contributed by atoms with Gasteiger partial charge in [0.25, 0.3) is 0 Å². The van der Waals surface area contributed by atoms with E-state index in [1.807, 2.05) is 0 Å². The zero-order chi connectivity index (χ0) is 10.5. The van der Waals surface area contributed by atoms with Crippen LogP contribution in [-0.2, 0) is 4.84 Å². The Hall–Kier alpha value is -0.770. The number of carbonyl (C=O) groups is 1. The molecule has 2 amide bonds. The summed E-state index contributed by atoms with van der Waals surface area (Å²) in [4.78, 5) is 17.1. The number of carbonyl (C=O) groups excluding carboxylic acids is 1. The summed E-state index contributed by atoms with van der Waals surface area (Å²) in [5, 5.41) is 4.53. The van der Waals surface area contributed by atoms with E-state index in [1.54, 1.807) is 0 Å². The monoisotopic (exact) mass is 212 g/mol. The quantitative estimate of drug-likeness (QED) is 0.722. The van der Waals surface area contributed by atoms with Gasteiger partial charge in [-0.25, -0.2) is 9.86 Å². The fourth-order valence-electron chi connectivity index (χ4n) is 2.25. The van der Waals surface area contributed by atoms with Crippen LogP contribution in [0.4, 0.5) is 4.79 Å². The van der Waals surface area contributed by atoms with Crippen molar-refractivity contribution in [2.24, 2.45) is 0 Å². The molecule has 0 radical (unpaired) electrons. The van der Waals surface area contributed by atoms with E-state index in [0.29, 0.717) is 12.6 Å². The maximum Gasteiger partial charge on any atom is 0.341 e. The van der Waals surface area contributed by atoms with Crippen molar-refractivity contribution in [3.05, 3.63) is 0 Å². The van der Waals surface area contributed by atoms with Crippen LogP contribution < -0.4 is 5.32 Å². The van der Waals surface area contributed by atoms with Gasteiger partial charge in [-0.2, -0.15) is 0 Å². The predicted molar refractivity (Wildman–Crippen MR) is 57.3 cm³/mol. The van der Waals surface area contributed by atoms with E-state index in [1.165, 1.54) is 24.3 Å². The van der Waals surface area contributed by atoms with Crippen molar-refractivity contribution in [1.29, 1.82) is 0 Å². The van der Waals surface area contributed by atoms with E-state index < -0.39 is 0 Å². The molecule has 1 saturated carbocycles. The third kappa shape index (κ3) is 3.09. The number of hydrogen-bond acceptors (Lipinski definition) is 2. The first-order valence-electron chi connectivity index (χ1n) is 6.07. The molecule has 2 fully saturated rings. The lowest BCUT2D eigenvalue weighted by Crippen LogP contribution is -2.47. The molecular formula is C11H20N2O2. The van der Waals surface area contributed by atoms with E-state index in [-0.39, 0.29) is 6.03 Å².